The summed E-state index contributed by atoms with van der Waals surface area (Å²) >= 11 is 3.74. The summed E-state index contributed by atoms with van der Waals surface area (Å²) in [4.78, 5) is 2.52. The van der Waals surface area contributed by atoms with Crippen molar-refractivity contribution in [3.63, 3.8) is 0 Å². The highest BCUT2D eigenvalue weighted by atomic mass is 32.1. The number of nitrogens with zero attached hydrogens (tertiary/aromatic N) is 1. The van der Waals surface area contributed by atoms with Gasteiger partial charge >= 0.3 is 0 Å². The first-order valence-corrected chi connectivity index (χ1v) is 22.6. The van der Waals surface area contributed by atoms with Crippen molar-refractivity contribution in [2.75, 3.05) is 4.90 Å². The Bertz CT molecular complexity index is 3880. The number of fused-ring (bicyclic) bond motifs is 10. The summed E-state index contributed by atoms with van der Waals surface area (Å²) in [5.74, 6) is 0. The molecule has 0 unspecified atom stereocenters. The molecule has 62 heavy (non-hydrogen) atoms. The number of hydrogen-bond acceptors (Lipinski definition) is 4. The number of furan rings is 1. The highest BCUT2D eigenvalue weighted by Gasteiger charge is 2.25. The number of benzene rings is 10. The lowest BCUT2D eigenvalue weighted by Gasteiger charge is -2.30. The smallest absolute Gasteiger partial charge is 0.136 e. The fraction of sp³-hybridized carbons (Fsp3) is 0. The second kappa shape index (κ2) is 14.0. The first-order valence-electron chi connectivity index (χ1n) is 21.0. The Morgan fingerprint density at radius 1 is 0.339 bits per heavy atom. The lowest BCUT2D eigenvalue weighted by molar-refractivity contribution is 0.669. The summed E-state index contributed by atoms with van der Waals surface area (Å²) in [7, 11) is 0. The molecule has 3 heterocycles. The number of rotatable bonds is 6. The minimum absolute atomic E-state index is 0.899. The van der Waals surface area contributed by atoms with Crippen molar-refractivity contribution in [3.8, 4) is 33.4 Å². The van der Waals surface area contributed by atoms with Gasteiger partial charge in [0.05, 0.1) is 16.1 Å². The maximum absolute atomic E-state index is 6.33. The molecule has 4 heteroatoms. The molecule has 0 saturated heterocycles. The molecular weight excluding hydrogens is 791 g/mol. The molecule has 10 aromatic carbocycles. The molecule has 0 amide bonds. The molecule has 0 bridgehead atoms. The fourth-order valence-corrected chi connectivity index (χ4v) is 12.1. The Hall–Kier alpha value is -7.50. The van der Waals surface area contributed by atoms with Crippen LogP contribution in [0.2, 0.25) is 0 Å². The van der Waals surface area contributed by atoms with E-state index in [2.05, 4.69) is 211 Å². The van der Waals surface area contributed by atoms with E-state index in [1.807, 2.05) is 28.7 Å². The quantitative estimate of drug-likeness (QED) is 0.166. The summed E-state index contributed by atoms with van der Waals surface area (Å²) in [5, 5.41) is 9.85. The molecule has 13 rings (SSSR count). The van der Waals surface area contributed by atoms with Crippen LogP contribution in [0, 0.1) is 0 Å². The normalized spacial score (nSPS) is 11.9. The molecule has 0 spiro atoms. The van der Waals surface area contributed by atoms with Crippen molar-refractivity contribution in [1.29, 1.82) is 0 Å². The molecule has 0 saturated carbocycles. The van der Waals surface area contributed by atoms with Gasteiger partial charge in [0.2, 0.25) is 0 Å². The second-order valence-electron chi connectivity index (χ2n) is 15.9. The fourth-order valence-electron chi connectivity index (χ4n) is 9.80. The third kappa shape index (κ3) is 5.41. The molecule has 0 aliphatic rings. The Labute approximate surface area is 365 Å². The second-order valence-corrected chi connectivity index (χ2v) is 18.1. The third-order valence-corrected chi connectivity index (χ3v) is 14.8. The van der Waals surface area contributed by atoms with Gasteiger partial charge in [-0.25, -0.2) is 0 Å². The Morgan fingerprint density at radius 2 is 0.919 bits per heavy atom. The summed E-state index contributed by atoms with van der Waals surface area (Å²) in [5.41, 5.74) is 12.3. The number of anilines is 3. The summed E-state index contributed by atoms with van der Waals surface area (Å²) in [6.45, 7) is 0. The molecule has 0 N–H and O–H groups in total. The van der Waals surface area contributed by atoms with Gasteiger partial charge in [-0.15, -0.1) is 22.7 Å². The van der Waals surface area contributed by atoms with E-state index in [1.165, 1.54) is 73.4 Å². The van der Waals surface area contributed by atoms with Crippen LogP contribution >= 0.6 is 22.7 Å². The van der Waals surface area contributed by atoms with Crippen molar-refractivity contribution < 1.29 is 4.42 Å². The van der Waals surface area contributed by atoms with Crippen molar-refractivity contribution in [2.24, 2.45) is 0 Å². The van der Waals surface area contributed by atoms with Crippen LogP contribution in [-0.4, -0.2) is 0 Å². The third-order valence-electron chi connectivity index (χ3n) is 12.5. The van der Waals surface area contributed by atoms with E-state index in [0.717, 1.165) is 50.1 Å². The van der Waals surface area contributed by atoms with Gasteiger partial charge in [0.25, 0.3) is 0 Å². The molecule has 290 valence electrons. The molecule has 0 aliphatic carbocycles. The minimum atomic E-state index is 0.899. The van der Waals surface area contributed by atoms with E-state index in [9.17, 15) is 0 Å². The average Bonchev–Trinajstić information content (AvgIpc) is 4.04. The van der Waals surface area contributed by atoms with Crippen LogP contribution in [0.1, 0.15) is 0 Å². The van der Waals surface area contributed by atoms with E-state index in [-0.39, 0.29) is 0 Å². The van der Waals surface area contributed by atoms with Gasteiger partial charge in [-0.05, 0) is 93.2 Å². The van der Waals surface area contributed by atoms with Crippen molar-refractivity contribution >= 4 is 113 Å². The lowest BCUT2D eigenvalue weighted by Crippen LogP contribution is -2.12. The van der Waals surface area contributed by atoms with E-state index >= 15 is 0 Å². The Balaban J connectivity index is 1.11. The van der Waals surface area contributed by atoms with E-state index in [1.54, 1.807) is 0 Å². The lowest BCUT2D eigenvalue weighted by atomic mass is 9.88. The zero-order valence-corrected chi connectivity index (χ0v) is 35.0. The molecule has 0 atom stereocenters. The predicted molar refractivity (Wildman–Crippen MR) is 268 cm³/mol. The Morgan fingerprint density at radius 3 is 1.81 bits per heavy atom. The molecule has 0 radical (unpaired) electrons. The van der Waals surface area contributed by atoms with Crippen LogP contribution in [0.25, 0.3) is 106 Å². The average molecular weight is 826 g/mol. The van der Waals surface area contributed by atoms with Crippen molar-refractivity contribution in [3.05, 3.63) is 212 Å². The number of thiophene rings is 2. The molecule has 0 aliphatic heterocycles. The number of para-hydroxylation sites is 1. The molecule has 3 aromatic heterocycles. The maximum Gasteiger partial charge on any atom is 0.136 e. The molecule has 2 nitrogen and oxygen atoms in total. The van der Waals surface area contributed by atoms with Crippen LogP contribution < -0.4 is 4.90 Å². The first kappa shape index (κ1) is 35.3. The van der Waals surface area contributed by atoms with Gasteiger partial charge in [-0.1, -0.05) is 158 Å². The SMILES string of the molecule is c1cc(-c2cccc3sc4ccccc4c23)c(-c2cccc3ccccc23)c(N(c2ccc(-c3cccc4oc5ccccc5c34)cc2)c2cccc3c2sc2ccccc23)c1. The van der Waals surface area contributed by atoms with Crippen LogP contribution in [0.3, 0.4) is 0 Å². The molecular formula is C58H35NOS2. The Kier molecular flexibility index (Phi) is 7.99. The number of hydrogen-bond donors (Lipinski definition) is 0. The minimum Gasteiger partial charge on any atom is -0.456 e. The van der Waals surface area contributed by atoms with Gasteiger partial charge in [0, 0.05) is 57.7 Å². The first-order chi connectivity index (χ1) is 30.8. The van der Waals surface area contributed by atoms with Crippen LogP contribution in [0.15, 0.2) is 217 Å². The standard InChI is InChI=1S/C58H35NOS2/c1-2-16-39-36(14-1)15-9-21-42(39)55-43(44-23-13-31-54-57(44)47-19-5-8-30-53(47)61-54)22-10-25-48(55)59(49-26-11-24-45-41-17-4-7-29-52(41)62-58(45)49)38-34-32-37(33-35-38)40-20-12-28-51-56(40)46-18-3-6-27-50(46)60-51/h1-35H. The summed E-state index contributed by atoms with van der Waals surface area (Å²) < 4.78 is 11.5. The predicted octanol–water partition coefficient (Wildman–Crippen LogP) is 17.9. The zero-order valence-electron chi connectivity index (χ0n) is 33.4. The maximum atomic E-state index is 6.33. The van der Waals surface area contributed by atoms with Gasteiger partial charge in [-0.2, -0.15) is 0 Å². The van der Waals surface area contributed by atoms with Crippen LogP contribution in [0.4, 0.5) is 17.1 Å². The van der Waals surface area contributed by atoms with Crippen LogP contribution in [-0.2, 0) is 0 Å². The van der Waals surface area contributed by atoms with Gasteiger partial charge in [0.1, 0.15) is 11.2 Å². The van der Waals surface area contributed by atoms with E-state index in [0.29, 0.717) is 0 Å². The zero-order chi connectivity index (χ0) is 40.7. The van der Waals surface area contributed by atoms with Crippen molar-refractivity contribution in [1.82, 2.24) is 0 Å². The monoisotopic (exact) mass is 825 g/mol. The van der Waals surface area contributed by atoms with Crippen LogP contribution in [0.5, 0.6) is 0 Å². The van der Waals surface area contributed by atoms with E-state index in [4.69, 9.17) is 4.42 Å². The van der Waals surface area contributed by atoms with Crippen molar-refractivity contribution in [2.45, 2.75) is 0 Å². The summed E-state index contributed by atoms with van der Waals surface area (Å²) in [6, 6.07) is 77.6. The van der Waals surface area contributed by atoms with Gasteiger partial charge in [0.15, 0.2) is 0 Å². The highest BCUT2D eigenvalue weighted by Crippen LogP contribution is 2.52. The molecule has 0 fully saturated rings. The molecule has 13 aromatic rings. The topological polar surface area (TPSA) is 16.4 Å². The highest BCUT2D eigenvalue weighted by molar-refractivity contribution is 7.26. The van der Waals surface area contributed by atoms with E-state index < -0.39 is 0 Å². The largest absolute Gasteiger partial charge is 0.456 e. The van der Waals surface area contributed by atoms with Gasteiger partial charge in [-0.3, -0.25) is 0 Å². The van der Waals surface area contributed by atoms with Gasteiger partial charge < -0.3 is 9.32 Å². The summed E-state index contributed by atoms with van der Waals surface area (Å²) in [6.07, 6.45) is 0.